The van der Waals surface area contributed by atoms with Gasteiger partial charge in [0.05, 0.1) is 12.2 Å². The lowest BCUT2D eigenvalue weighted by Gasteiger charge is -2.57. The number of amides is 2. The van der Waals surface area contributed by atoms with Crippen molar-refractivity contribution in [3.05, 3.63) is 94.5 Å². The molecule has 3 aromatic rings. The molecule has 1 saturated heterocycles. The van der Waals surface area contributed by atoms with Crippen LogP contribution in [0.4, 0.5) is 18.9 Å². The van der Waals surface area contributed by atoms with E-state index in [4.69, 9.17) is 4.74 Å². The average Bonchev–Trinajstić information content (AvgIpc) is 3.09. The van der Waals surface area contributed by atoms with E-state index < -0.39 is 17.6 Å². The highest BCUT2D eigenvalue weighted by Crippen LogP contribution is 2.60. The Morgan fingerprint density at radius 2 is 1.48 bits per heavy atom. The predicted molar refractivity (Wildman–Crippen MR) is 187 cm³/mol. The van der Waals surface area contributed by atoms with Crippen LogP contribution in [0, 0.1) is 35.0 Å². The fraction of sp³-hybridized carbons (Fsp3) is 0.463. The Hall–Kier alpha value is -4.45. The summed E-state index contributed by atoms with van der Waals surface area (Å²) in [4.78, 5) is 32.6. The zero-order valence-electron chi connectivity index (χ0n) is 28.8. The molecule has 0 unspecified atom stereocenters. The maximum atomic E-state index is 13.9. The van der Waals surface area contributed by atoms with E-state index >= 15 is 0 Å². The van der Waals surface area contributed by atoms with Crippen molar-refractivity contribution in [3.8, 4) is 17.6 Å². The Morgan fingerprint density at radius 3 is 2.10 bits per heavy atom. The van der Waals surface area contributed by atoms with E-state index in [1.54, 1.807) is 29.2 Å². The van der Waals surface area contributed by atoms with Crippen molar-refractivity contribution < 1.29 is 27.5 Å². The number of carbonyl (C=O) groups excluding carboxylic acids is 2. The SMILES string of the molecule is CCOc1cccc(C#Cc2cc(C(=O)N3CCN(c4ccc(C(=O)N(C)CC56CC7CC(CC(C7)C5)C6)cc4)CC3)cc(C(F)(F)F)c2)c1. The third-order valence-corrected chi connectivity index (χ3v) is 11.1. The van der Waals surface area contributed by atoms with Gasteiger partial charge in [0.1, 0.15) is 5.75 Å². The molecule has 0 atom stereocenters. The average molecular weight is 684 g/mol. The van der Waals surface area contributed by atoms with Gasteiger partial charge in [-0.25, -0.2) is 0 Å². The molecule has 4 bridgehead atoms. The number of hydrogen-bond donors (Lipinski definition) is 0. The minimum absolute atomic E-state index is 0.0406. The van der Waals surface area contributed by atoms with Crippen LogP contribution in [0.15, 0.2) is 66.7 Å². The van der Waals surface area contributed by atoms with Crippen LogP contribution >= 0.6 is 0 Å². The van der Waals surface area contributed by atoms with Gasteiger partial charge in [-0.2, -0.15) is 13.2 Å². The molecule has 9 heteroatoms. The molecular formula is C41H44F3N3O3. The molecule has 0 aromatic heterocycles. The monoisotopic (exact) mass is 683 g/mol. The second-order valence-electron chi connectivity index (χ2n) is 14.9. The molecule has 2 amide bonds. The number of nitrogens with zero attached hydrogens (tertiary/aromatic N) is 3. The summed E-state index contributed by atoms with van der Waals surface area (Å²) in [6.07, 6.45) is 3.31. The van der Waals surface area contributed by atoms with Gasteiger partial charge >= 0.3 is 6.18 Å². The molecule has 5 aliphatic rings. The summed E-state index contributed by atoms with van der Waals surface area (Å²) in [5.74, 6) is 8.46. The largest absolute Gasteiger partial charge is 0.494 e. The first-order chi connectivity index (χ1) is 24.0. The van der Waals surface area contributed by atoms with E-state index in [0.29, 0.717) is 49.7 Å². The molecule has 50 heavy (non-hydrogen) atoms. The lowest BCUT2D eigenvalue weighted by Crippen LogP contribution is -2.51. The summed E-state index contributed by atoms with van der Waals surface area (Å²) in [7, 11) is 1.94. The normalized spacial score (nSPS) is 24.1. The van der Waals surface area contributed by atoms with Crippen LogP contribution in [0.2, 0.25) is 0 Å². The fourth-order valence-electron chi connectivity index (χ4n) is 9.41. The molecule has 3 aromatic carbocycles. The number of alkyl halides is 3. The molecule has 0 radical (unpaired) electrons. The zero-order valence-corrected chi connectivity index (χ0v) is 28.8. The number of carbonyl (C=O) groups is 2. The molecule has 1 aliphatic heterocycles. The molecule has 262 valence electrons. The Kier molecular flexibility index (Phi) is 9.32. The number of piperazine rings is 1. The van der Waals surface area contributed by atoms with Gasteiger partial charge in [-0.3, -0.25) is 9.59 Å². The van der Waals surface area contributed by atoms with Gasteiger partial charge in [0.2, 0.25) is 0 Å². The highest BCUT2D eigenvalue weighted by atomic mass is 19.4. The molecule has 4 aliphatic carbocycles. The molecule has 0 spiro atoms. The van der Waals surface area contributed by atoms with Crippen LogP contribution in [-0.4, -0.2) is 68.0 Å². The summed E-state index contributed by atoms with van der Waals surface area (Å²) in [6.45, 7) is 4.93. The van der Waals surface area contributed by atoms with Crippen LogP contribution in [0.1, 0.15) is 82.9 Å². The van der Waals surface area contributed by atoms with Crippen LogP contribution in [0.25, 0.3) is 0 Å². The Bertz CT molecular complexity index is 1770. The van der Waals surface area contributed by atoms with Gasteiger partial charge in [0.15, 0.2) is 0 Å². The highest BCUT2D eigenvalue weighted by molar-refractivity contribution is 5.95. The number of rotatable bonds is 7. The first-order valence-corrected chi connectivity index (χ1v) is 17.8. The van der Waals surface area contributed by atoms with E-state index in [1.165, 1.54) is 44.6 Å². The van der Waals surface area contributed by atoms with Gasteiger partial charge < -0.3 is 19.4 Å². The molecule has 6 nitrogen and oxygen atoms in total. The standard InChI is InChI=1S/C41H44F3N3O3/c1-3-50-37-6-4-5-28(22-37)7-8-29-20-34(23-35(21-29)41(42,43)44)39(49)47-15-13-46(14-16-47)36-11-9-33(10-12-36)38(48)45(2)27-40-24-30-17-31(25-40)19-32(18-30)26-40/h4-6,9-12,20-23,30-32H,3,13-19,24-27H2,1-2H3. The molecular weight excluding hydrogens is 639 g/mol. The van der Waals surface area contributed by atoms with Crippen molar-refractivity contribution in [2.24, 2.45) is 23.2 Å². The van der Waals surface area contributed by atoms with Gasteiger partial charge in [0.25, 0.3) is 11.8 Å². The van der Waals surface area contributed by atoms with E-state index in [-0.39, 0.29) is 22.4 Å². The number of ether oxygens (including phenoxy) is 1. The van der Waals surface area contributed by atoms with Crippen molar-refractivity contribution in [1.82, 2.24) is 9.80 Å². The van der Waals surface area contributed by atoms with E-state index in [0.717, 1.165) is 42.1 Å². The lowest BCUT2D eigenvalue weighted by atomic mass is 9.49. The molecule has 4 saturated carbocycles. The lowest BCUT2D eigenvalue weighted by molar-refractivity contribution is -0.137. The topological polar surface area (TPSA) is 53.1 Å². The van der Waals surface area contributed by atoms with Gasteiger partial charge in [0, 0.05) is 67.7 Å². The Labute approximate surface area is 292 Å². The number of benzene rings is 3. The van der Waals surface area contributed by atoms with Crippen LogP contribution in [0.5, 0.6) is 5.75 Å². The number of hydrogen-bond acceptors (Lipinski definition) is 4. The number of anilines is 1. The third-order valence-electron chi connectivity index (χ3n) is 11.1. The Balaban J connectivity index is 0.979. The molecule has 5 fully saturated rings. The highest BCUT2D eigenvalue weighted by Gasteiger charge is 2.51. The second-order valence-corrected chi connectivity index (χ2v) is 14.9. The molecule has 0 N–H and O–H groups in total. The van der Waals surface area contributed by atoms with Crippen LogP contribution < -0.4 is 9.64 Å². The molecule has 1 heterocycles. The first-order valence-electron chi connectivity index (χ1n) is 17.8. The maximum absolute atomic E-state index is 13.9. The predicted octanol–water partition coefficient (Wildman–Crippen LogP) is 7.75. The van der Waals surface area contributed by atoms with Gasteiger partial charge in [-0.05, 0) is 129 Å². The molecule has 8 rings (SSSR count). The van der Waals surface area contributed by atoms with Crippen molar-refractivity contribution in [1.29, 1.82) is 0 Å². The fourth-order valence-corrected chi connectivity index (χ4v) is 9.41. The smallest absolute Gasteiger partial charge is 0.416 e. The summed E-state index contributed by atoms with van der Waals surface area (Å²) >= 11 is 0. The maximum Gasteiger partial charge on any atom is 0.416 e. The van der Waals surface area contributed by atoms with E-state index in [2.05, 4.69) is 16.7 Å². The van der Waals surface area contributed by atoms with Crippen molar-refractivity contribution in [2.75, 3.05) is 51.3 Å². The summed E-state index contributed by atoms with van der Waals surface area (Å²) < 4.78 is 47.1. The van der Waals surface area contributed by atoms with Crippen LogP contribution in [-0.2, 0) is 6.18 Å². The van der Waals surface area contributed by atoms with Gasteiger partial charge in [-0.1, -0.05) is 17.9 Å². The first kappa shape index (κ1) is 34.0. The second kappa shape index (κ2) is 13.7. The van der Waals surface area contributed by atoms with Crippen LogP contribution in [0.3, 0.4) is 0 Å². The van der Waals surface area contributed by atoms with Crippen molar-refractivity contribution in [3.63, 3.8) is 0 Å². The van der Waals surface area contributed by atoms with E-state index in [1.807, 2.05) is 43.1 Å². The minimum atomic E-state index is -4.63. The third kappa shape index (κ3) is 7.35. The summed E-state index contributed by atoms with van der Waals surface area (Å²) in [5.41, 5.74) is 1.66. The number of halogens is 3. The summed E-state index contributed by atoms with van der Waals surface area (Å²) in [6, 6.07) is 18.0. The quantitative estimate of drug-likeness (QED) is 0.239. The van der Waals surface area contributed by atoms with Gasteiger partial charge in [-0.15, -0.1) is 0 Å². The Morgan fingerprint density at radius 1 is 0.840 bits per heavy atom. The summed E-state index contributed by atoms with van der Waals surface area (Å²) in [5, 5.41) is 0. The van der Waals surface area contributed by atoms with Crippen molar-refractivity contribution >= 4 is 17.5 Å². The van der Waals surface area contributed by atoms with Crippen molar-refractivity contribution in [2.45, 2.75) is 51.6 Å². The minimum Gasteiger partial charge on any atom is -0.494 e. The zero-order chi connectivity index (χ0) is 35.0. The van der Waals surface area contributed by atoms with E-state index in [9.17, 15) is 22.8 Å².